The number of nitrogens with zero attached hydrogens (tertiary/aromatic N) is 4. The van der Waals surface area contributed by atoms with E-state index in [0.717, 1.165) is 17.6 Å². The molecule has 0 radical (unpaired) electrons. The predicted octanol–water partition coefficient (Wildman–Crippen LogP) is 3.06. The highest BCUT2D eigenvalue weighted by atomic mass is 32.2. The lowest BCUT2D eigenvalue weighted by Gasteiger charge is -2.29. The van der Waals surface area contributed by atoms with Gasteiger partial charge in [0.05, 0.1) is 45.5 Å². The average Bonchev–Trinajstić information content (AvgIpc) is 3.71. The summed E-state index contributed by atoms with van der Waals surface area (Å²) in [4.78, 5) is 27.6. The fraction of sp³-hybridized carbons (Fsp3) is 0.333. The molecule has 2 amide bonds. The summed E-state index contributed by atoms with van der Waals surface area (Å²) in [5.74, 6) is 0.715. The first-order valence-electron chi connectivity index (χ1n) is 11.3. The summed E-state index contributed by atoms with van der Waals surface area (Å²) < 4.78 is 32.1. The van der Waals surface area contributed by atoms with Crippen molar-refractivity contribution in [2.45, 2.75) is 22.5 Å². The number of nitrogens with one attached hydrogen (secondary N) is 2. The minimum atomic E-state index is -1.52. The Morgan fingerprint density at radius 1 is 1.11 bits per heavy atom. The molecule has 2 fully saturated rings. The second-order valence-electron chi connectivity index (χ2n) is 8.42. The molecule has 0 spiro atoms. The van der Waals surface area contributed by atoms with Gasteiger partial charge in [0.1, 0.15) is 11.6 Å². The maximum Gasteiger partial charge on any atom is 0.318 e. The van der Waals surface area contributed by atoms with Crippen LogP contribution >= 0.6 is 0 Å². The Kier molecular flexibility index (Phi) is 6.44. The highest BCUT2D eigenvalue weighted by molar-refractivity contribution is 7.86. The average molecular weight is 497 g/mol. The monoisotopic (exact) mass is 496 g/mol. The summed E-state index contributed by atoms with van der Waals surface area (Å²) in [7, 11) is 0.0257. The van der Waals surface area contributed by atoms with Gasteiger partial charge < -0.3 is 20.3 Å². The first-order valence-corrected chi connectivity index (χ1v) is 12.5. The molecular formula is C24H25FN6O3S. The number of ether oxygens (including phenoxy) is 1. The molecule has 3 aromatic rings. The topological polar surface area (TPSA) is 109 Å². The number of benzene rings is 1. The van der Waals surface area contributed by atoms with Crippen LogP contribution in [0.5, 0.6) is 0 Å². The zero-order valence-electron chi connectivity index (χ0n) is 19.2. The Morgan fingerprint density at radius 2 is 1.86 bits per heavy atom. The van der Waals surface area contributed by atoms with E-state index in [1.807, 2.05) is 18.2 Å². The van der Waals surface area contributed by atoms with E-state index in [2.05, 4.69) is 20.5 Å². The molecule has 2 aromatic heterocycles. The van der Waals surface area contributed by atoms with E-state index in [-0.39, 0.29) is 6.03 Å². The fourth-order valence-electron chi connectivity index (χ4n) is 4.02. The van der Waals surface area contributed by atoms with Crippen LogP contribution in [-0.4, -0.2) is 58.5 Å². The Balaban J connectivity index is 1.53. The van der Waals surface area contributed by atoms with E-state index in [1.54, 1.807) is 19.2 Å². The number of halogens is 1. The number of anilines is 2. The molecule has 2 aliphatic rings. The molecule has 1 aliphatic heterocycles. The molecule has 35 heavy (non-hydrogen) atoms. The van der Waals surface area contributed by atoms with Crippen LogP contribution in [0.2, 0.25) is 0 Å². The minimum absolute atomic E-state index is 0.310. The molecule has 2 N–H and O–H groups in total. The number of hydrogen-bond donors (Lipinski definition) is 2. The smallest absolute Gasteiger partial charge is 0.318 e. The van der Waals surface area contributed by atoms with Gasteiger partial charge in [0, 0.05) is 43.7 Å². The molecule has 1 atom stereocenters. The molecule has 182 valence electrons. The van der Waals surface area contributed by atoms with Crippen molar-refractivity contribution in [3.05, 3.63) is 60.3 Å². The normalized spacial score (nSPS) is 17.5. The lowest BCUT2D eigenvalue weighted by atomic mass is 10.1. The standard InChI is InChI=1S/C24H25FN6O3S/c1-26-23(32)28-18-4-2-16(3-5-18)22-29-20(13-21(30-22)31-8-10-34-11-9-31)24(6-7-24)35(33)19-12-17(25)14-27-15-19/h2-5,12-15H,6-11H2,1H3,(H2,26,28,32). The van der Waals surface area contributed by atoms with Crippen LogP contribution in [0.25, 0.3) is 11.4 Å². The molecule has 1 aromatic carbocycles. The Bertz CT molecular complexity index is 1260. The fourth-order valence-corrected chi connectivity index (χ4v) is 5.61. The lowest BCUT2D eigenvalue weighted by Crippen LogP contribution is -2.37. The molecule has 0 bridgehead atoms. The quantitative estimate of drug-likeness (QED) is 0.540. The molecule has 11 heteroatoms. The van der Waals surface area contributed by atoms with Gasteiger partial charge in [-0.1, -0.05) is 0 Å². The van der Waals surface area contributed by atoms with Gasteiger partial charge in [-0.15, -0.1) is 0 Å². The Morgan fingerprint density at radius 3 is 2.51 bits per heavy atom. The Labute approximate surface area is 204 Å². The molecule has 1 unspecified atom stereocenters. The number of amides is 2. The number of carbonyl (C=O) groups excluding carboxylic acids is 1. The molecule has 1 aliphatic carbocycles. The molecule has 9 nitrogen and oxygen atoms in total. The van der Waals surface area contributed by atoms with Crippen molar-refractivity contribution in [2.24, 2.45) is 0 Å². The zero-order chi connectivity index (χ0) is 24.4. The summed E-state index contributed by atoms with van der Waals surface area (Å²) in [6.07, 6.45) is 3.89. The number of pyridine rings is 1. The van der Waals surface area contributed by atoms with Crippen molar-refractivity contribution < 1.29 is 18.1 Å². The van der Waals surface area contributed by atoms with Gasteiger partial charge in [-0.05, 0) is 43.2 Å². The molecule has 3 heterocycles. The number of morpholine rings is 1. The third-order valence-electron chi connectivity index (χ3n) is 6.10. The van der Waals surface area contributed by atoms with E-state index < -0.39 is 21.4 Å². The van der Waals surface area contributed by atoms with Crippen LogP contribution < -0.4 is 15.5 Å². The van der Waals surface area contributed by atoms with Crippen molar-refractivity contribution in [1.82, 2.24) is 20.3 Å². The largest absolute Gasteiger partial charge is 0.378 e. The summed E-state index contributed by atoms with van der Waals surface area (Å²) in [6, 6.07) is 10.1. The number of rotatable bonds is 6. The van der Waals surface area contributed by atoms with E-state index in [9.17, 15) is 13.4 Å². The maximum absolute atomic E-state index is 13.8. The highest BCUT2D eigenvalue weighted by Gasteiger charge is 2.52. The summed E-state index contributed by atoms with van der Waals surface area (Å²) in [5.41, 5.74) is 2.06. The molecule has 1 saturated heterocycles. The second-order valence-corrected chi connectivity index (χ2v) is 10.2. The molecule has 5 rings (SSSR count). The third-order valence-corrected chi connectivity index (χ3v) is 8.07. The van der Waals surface area contributed by atoms with Crippen LogP contribution in [0.15, 0.2) is 53.7 Å². The molecule has 1 saturated carbocycles. The highest BCUT2D eigenvalue weighted by Crippen LogP contribution is 2.53. The Hall–Kier alpha value is -3.44. The van der Waals surface area contributed by atoms with E-state index >= 15 is 0 Å². The van der Waals surface area contributed by atoms with Gasteiger partial charge in [0.15, 0.2) is 5.82 Å². The summed E-state index contributed by atoms with van der Waals surface area (Å²) >= 11 is 0. The van der Waals surface area contributed by atoms with Gasteiger partial charge in [-0.2, -0.15) is 0 Å². The number of urea groups is 1. The van der Waals surface area contributed by atoms with Crippen LogP contribution in [0.1, 0.15) is 18.5 Å². The lowest BCUT2D eigenvalue weighted by molar-refractivity contribution is 0.122. The van der Waals surface area contributed by atoms with Gasteiger partial charge in [-0.25, -0.2) is 19.2 Å². The SMILES string of the molecule is CNC(=O)Nc1ccc(-c2nc(N3CCOCC3)cc(C3(S(=O)c4cncc(F)c4)CC3)n2)cc1. The number of aromatic nitrogens is 3. The maximum atomic E-state index is 13.8. The van der Waals surface area contributed by atoms with Crippen LogP contribution in [-0.2, 0) is 20.3 Å². The zero-order valence-corrected chi connectivity index (χ0v) is 20.0. The van der Waals surface area contributed by atoms with E-state index in [1.165, 1.54) is 12.3 Å². The van der Waals surface area contributed by atoms with Crippen LogP contribution in [0, 0.1) is 5.82 Å². The van der Waals surface area contributed by atoms with Crippen LogP contribution in [0.4, 0.5) is 20.7 Å². The summed E-state index contributed by atoms with van der Waals surface area (Å²) in [6.45, 7) is 2.57. The summed E-state index contributed by atoms with van der Waals surface area (Å²) in [5, 5.41) is 5.24. The van der Waals surface area contributed by atoms with E-state index in [0.29, 0.717) is 61.2 Å². The molecular weight excluding hydrogens is 471 g/mol. The van der Waals surface area contributed by atoms with E-state index in [4.69, 9.17) is 14.7 Å². The number of hydrogen-bond acceptors (Lipinski definition) is 7. The first kappa shape index (κ1) is 23.3. The van der Waals surface area contributed by atoms with Gasteiger partial charge in [0.2, 0.25) is 0 Å². The van der Waals surface area contributed by atoms with Crippen molar-refractivity contribution in [2.75, 3.05) is 43.6 Å². The predicted molar refractivity (Wildman–Crippen MR) is 130 cm³/mol. The first-order chi connectivity index (χ1) is 17.0. The number of carbonyl (C=O) groups is 1. The van der Waals surface area contributed by atoms with Crippen molar-refractivity contribution in [3.63, 3.8) is 0 Å². The van der Waals surface area contributed by atoms with Gasteiger partial charge >= 0.3 is 6.03 Å². The minimum Gasteiger partial charge on any atom is -0.378 e. The van der Waals surface area contributed by atoms with Crippen LogP contribution in [0.3, 0.4) is 0 Å². The van der Waals surface area contributed by atoms with Gasteiger partial charge in [-0.3, -0.25) is 9.19 Å². The second kappa shape index (κ2) is 9.67. The van der Waals surface area contributed by atoms with Crippen molar-refractivity contribution in [3.8, 4) is 11.4 Å². The van der Waals surface area contributed by atoms with Crippen molar-refractivity contribution in [1.29, 1.82) is 0 Å². The third kappa shape index (κ3) is 4.87. The van der Waals surface area contributed by atoms with Crippen molar-refractivity contribution >= 4 is 28.3 Å². The van der Waals surface area contributed by atoms with Gasteiger partial charge in [0.25, 0.3) is 0 Å².